The van der Waals surface area contributed by atoms with E-state index >= 15 is 0 Å². The Morgan fingerprint density at radius 3 is 2.29 bits per heavy atom. The maximum Gasteiger partial charge on any atom is 0.307 e. The second kappa shape index (κ2) is 2.72. The van der Waals surface area contributed by atoms with E-state index in [0.29, 0.717) is 6.10 Å². The average Bonchev–Trinajstić information content (AvgIpc) is 2.57. The van der Waals surface area contributed by atoms with Crippen LogP contribution in [0.25, 0.3) is 0 Å². The van der Waals surface area contributed by atoms with Crippen LogP contribution in [0.2, 0.25) is 0 Å². The first-order chi connectivity index (χ1) is 6.32. The molecule has 1 N–H and O–H groups in total. The lowest BCUT2D eigenvalue weighted by Crippen LogP contribution is -2.40. The molecule has 80 valence electrons. The molecule has 0 radical (unpaired) electrons. The van der Waals surface area contributed by atoms with Crippen molar-refractivity contribution in [2.75, 3.05) is 0 Å². The van der Waals surface area contributed by atoms with Gasteiger partial charge in [0.1, 0.15) is 0 Å². The summed E-state index contributed by atoms with van der Waals surface area (Å²) in [5.41, 5.74) is 0.0294. The van der Waals surface area contributed by atoms with E-state index < -0.39 is 5.97 Å². The normalized spacial score (nSPS) is 40.8. The van der Waals surface area contributed by atoms with Gasteiger partial charge in [0.15, 0.2) is 0 Å². The fourth-order valence-electron chi connectivity index (χ4n) is 2.58. The van der Waals surface area contributed by atoms with Crippen LogP contribution in [0.3, 0.4) is 0 Å². The van der Waals surface area contributed by atoms with Crippen LogP contribution in [0, 0.1) is 11.3 Å². The van der Waals surface area contributed by atoms with Crippen LogP contribution < -0.4 is 0 Å². The summed E-state index contributed by atoms with van der Waals surface area (Å²) < 4.78 is 5.78. The second-order valence-corrected chi connectivity index (χ2v) is 5.72. The number of carboxylic acids is 1. The van der Waals surface area contributed by atoms with Crippen molar-refractivity contribution in [3.05, 3.63) is 0 Å². The van der Waals surface area contributed by atoms with Crippen LogP contribution in [-0.2, 0) is 9.53 Å². The summed E-state index contributed by atoms with van der Waals surface area (Å²) >= 11 is 0. The van der Waals surface area contributed by atoms with Crippen LogP contribution in [0.1, 0.15) is 40.0 Å². The molecule has 0 aliphatic heterocycles. The summed E-state index contributed by atoms with van der Waals surface area (Å²) in [5, 5.41) is 8.83. The van der Waals surface area contributed by atoms with Gasteiger partial charge in [0.2, 0.25) is 0 Å². The van der Waals surface area contributed by atoms with E-state index in [4.69, 9.17) is 9.84 Å². The van der Waals surface area contributed by atoms with E-state index in [2.05, 4.69) is 0 Å². The molecule has 3 heteroatoms. The summed E-state index contributed by atoms with van der Waals surface area (Å²) in [6.45, 7) is 6.12. The molecule has 0 heterocycles. The largest absolute Gasteiger partial charge is 0.481 e. The Morgan fingerprint density at radius 1 is 1.36 bits per heavy atom. The molecule has 0 aromatic carbocycles. The molecule has 0 amide bonds. The van der Waals surface area contributed by atoms with E-state index in [-0.39, 0.29) is 16.9 Å². The van der Waals surface area contributed by atoms with Gasteiger partial charge in [0.05, 0.1) is 17.6 Å². The van der Waals surface area contributed by atoms with Gasteiger partial charge in [-0.05, 0) is 45.4 Å². The van der Waals surface area contributed by atoms with Crippen molar-refractivity contribution < 1.29 is 14.6 Å². The number of aliphatic carboxylic acids is 1. The lowest BCUT2D eigenvalue weighted by molar-refractivity contribution is -0.145. The van der Waals surface area contributed by atoms with Crippen LogP contribution >= 0.6 is 0 Å². The van der Waals surface area contributed by atoms with Crippen LogP contribution in [0.15, 0.2) is 0 Å². The lowest BCUT2D eigenvalue weighted by Gasteiger charge is -2.40. The Hall–Kier alpha value is -0.570. The molecular formula is C11H18O3. The fourth-order valence-corrected chi connectivity index (χ4v) is 2.58. The zero-order valence-corrected chi connectivity index (χ0v) is 9.04. The molecule has 1 atom stereocenters. The first-order valence-electron chi connectivity index (χ1n) is 5.23. The quantitative estimate of drug-likeness (QED) is 0.738. The van der Waals surface area contributed by atoms with Crippen molar-refractivity contribution in [3.8, 4) is 0 Å². The molecule has 0 saturated heterocycles. The Kier molecular flexibility index (Phi) is 1.94. The molecule has 0 bridgehead atoms. The van der Waals surface area contributed by atoms with E-state index in [1.807, 2.05) is 20.8 Å². The Balaban J connectivity index is 1.79. The van der Waals surface area contributed by atoms with Gasteiger partial charge in [-0.1, -0.05) is 0 Å². The molecule has 0 aromatic rings. The maximum absolute atomic E-state index is 10.7. The highest BCUT2D eigenvalue weighted by molar-refractivity contribution is 5.75. The summed E-state index contributed by atoms with van der Waals surface area (Å²) in [6.07, 6.45) is 3.05. The first-order valence-corrected chi connectivity index (χ1v) is 5.23. The van der Waals surface area contributed by atoms with Crippen molar-refractivity contribution in [2.45, 2.75) is 51.7 Å². The molecule has 2 saturated carbocycles. The molecule has 14 heavy (non-hydrogen) atoms. The first kappa shape index (κ1) is 9.97. The van der Waals surface area contributed by atoms with Gasteiger partial charge in [-0.3, -0.25) is 4.79 Å². The highest BCUT2D eigenvalue weighted by Gasteiger charge is 2.65. The Bertz CT molecular complexity index is 258. The van der Waals surface area contributed by atoms with Crippen molar-refractivity contribution in [1.82, 2.24) is 0 Å². The van der Waals surface area contributed by atoms with Crippen molar-refractivity contribution >= 4 is 5.97 Å². The number of hydrogen-bond donors (Lipinski definition) is 1. The van der Waals surface area contributed by atoms with Gasteiger partial charge < -0.3 is 9.84 Å². The van der Waals surface area contributed by atoms with Crippen LogP contribution in [0.5, 0.6) is 0 Å². The molecule has 3 nitrogen and oxygen atoms in total. The van der Waals surface area contributed by atoms with E-state index in [0.717, 1.165) is 19.3 Å². The summed E-state index contributed by atoms with van der Waals surface area (Å²) in [4.78, 5) is 10.7. The predicted octanol–water partition coefficient (Wildman–Crippen LogP) is 2.05. The predicted molar refractivity (Wildman–Crippen MR) is 52.0 cm³/mol. The molecule has 2 rings (SSSR count). The van der Waals surface area contributed by atoms with Gasteiger partial charge in [0.25, 0.3) is 0 Å². The number of carbonyl (C=O) groups is 1. The maximum atomic E-state index is 10.7. The van der Waals surface area contributed by atoms with Gasteiger partial charge in [0, 0.05) is 0 Å². The van der Waals surface area contributed by atoms with Gasteiger partial charge in [-0.25, -0.2) is 0 Å². The molecule has 2 aliphatic carbocycles. The van der Waals surface area contributed by atoms with Crippen molar-refractivity contribution in [1.29, 1.82) is 0 Å². The smallest absolute Gasteiger partial charge is 0.307 e. The van der Waals surface area contributed by atoms with Crippen molar-refractivity contribution in [2.24, 2.45) is 11.3 Å². The van der Waals surface area contributed by atoms with Crippen LogP contribution in [-0.4, -0.2) is 22.8 Å². The number of carboxylic acid groups (broad SMARTS) is 1. The fraction of sp³-hybridized carbons (Fsp3) is 0.909. The third-order valence-corrected chi connectivity index (χ3v) is 3.28. The third kappa shape index (κ3) is 1.65. The van der Waals surface area contributed by atoms with Crippen molar-refractivity contribution in [3.63, 3.8) is 0 Å². The van der Waals surface area contributed by atoms with E-state index in [1.54, 1.807) is 0 Å². The SMILES string of the molecule is CC(C)(C)OC1CC2(C1)CC2C(=O)O. The minimum Gasteiger partial charge on any atom is -0.481 e. The van der Waals surface area contributed by atoms with E-state index in [9.17, 15) is 4.79 Å². The molecule has 1 unspecified atom stereocenters. The Morgan fingerprint density at radius 2 is 1.93 bits per heavy atom. The summed E-state index contributed by atoms with van der Waals surface area (Å²) in [5.74, 6) is -0.707. The van der Waals surface area contributed by atoms with E-state index in [1.165, 1.54) is 0 Å². The zero-order valence-electron chi connectivity index (χ0n) is 9.04. The molecule has 2 fully saturated rings. The molecule has 0 aromatic heterocycles. The second-order valence-electron chi connectivity index (χ2n) is 5.72. The lowest BCUT2D eigenvalue weighted by atomic mass is 9.76. The average molecular weight is 198 g/mol. The van der Waals surface area contributed by atoms with Gasteiger partial charge in [-0.2, -0.15) is 0 Å². The highest BCUT2D eigenvalue weighted by Crippen LogP contribution is 2.66. The third-order valence-electron chi connectivity index (χ3n) is 3.28. The topological polar surface area (TPSA) is 46.5 Å². The molecular weight excluding hydrogens is 180 g/mol. The highest BCUT2D eigenvalue weighted by atomic mass is 16.5. The standard InChI is InChI=1S/C11H18O3/c1-10(2,3)14-7-4-11(5-7)6-8(11)9(12)13/h7-8H,4-6H2,1-3H3,(H,12,13). The monoisotopic (exact) mass is 198 g/mol. The molecule has 2 aliphatic rings. The van der Waals surface area contributed by atoms with Gasteiger partial charge in [-0.15, -0.1) is 0 Å². The van der Waals surface area contributed by atoms with Gasteiger partial charge >= 0.3 is 5.97 Å². The number of ether oxygens (including phenoxy) is 1. The van der Waals surface area contributed by atoms with Crippen LogP contribution in [0.4, 0.5) is 0 Å². The number of rotatable bonds is 2. The molecule has 1 spiro atoms. The zero-order chi connectivity index (χ0) is 10.6. The number of hydrogen-bond acceptors (Lipinski definition) is 2. The minimum absolute atomic E-state index is 0.0812. The summed E-state index contributed by atoms with van der Waals surface area (Å²) in [7, 11) is 0. The summed E-state index contributed by atoms with van der Waals surface area (Å²) in [6, 6.07) is 0. The Labute approximate surface area is 84.4 Å². The minimum atomic E-state index is -0.626.